The van der Waals surface area contributed by atoms with Gasteiger partial charge in [-0.05, 0) is 92.6 Å². The molecule has 2 fully saturated rings. The van der Waals surface area contributed by atoms with Gasteiger partial charge in [0, 0.05) is 62.5 Å². The van der Waals surface area contributed by atoms with Gasteiger partial charge >= 0.3 is 0 Å². The number of piperazine rings is 1. The van der Waals surface area contributed by atoms with Gasteiger partial charge in [-0.3, -0.25) is 18.8 Å². The maximum atomic E-state index is 15.0. The molecule has 53 heavy (non-hydrogen) atoms. The summed E-state index contributed by atoms with van der Waals surface area (Å²) in [7, 11) is -7.36. The Balaban J connectivity index is 1.39. The number of hydrogen-bond acceptors (Lipinski definition) is 8. The second kappa shape index (κ2) is 14.3. The summed E-state index contributed by atoms with van der Waals surface area (Å²) in [4.78, 5) is 20.7. The van der Waals surface area contributed by atoms with Crippen molar-refractivity contribution in [3.05, 3.63) is 99.6 Å². The zero-order valence-corrected chi connectivity index (χ0v) is 32.1. The van der Waals surface area contributed by atoms with E-state index in [4.69, 9.17) is 4.74 Å². The summed E-state index contributed by atoms with van der Waals surface area (Å²) in [5.74, 6) is 0.0879. The van der Waals surface area contributed by atoms with E-state index in [0.29, 0.717) is 42.0 Å². The van der Waals surface area contributed by atoms with Crippen LogP contribution in [0.3, 0.4) is 0 Å². The van der Waals surface area contributed by atoms with Crippen LogP contribution >= 0.6 is 0 Å². The monoisotopic (exact) mass is 759 g/mol. The SMILES string of the molecule is Cc1ccc(S(=O)(=O)O)c(-c2cc(-c3cc(C)ccc3S(=O)(=O)O)c(C(=O)N3Cc4ccc(CN5CCN(C)CC5)cc4C3)c(OCC3CC3)c2C)c1. The number of hydrogen-bond donors (Lipinski definition) is 2. The fourth-order valence-corrected chi connectivity index (χ4v) is 8.77. The van der Waals surface area contributed by atoms with Gasteiger partial charge in [-0.1, -0.05) is 53.6 Å². The zero-order valence-electron chi connectivity index (χ0n) is 30.4. The number of ether oxygens (including phenoxy) is 1. The Morgan fingerprint density at radius 2 is 1.32 bits per heavy atom. The number of carbonyl (C=O) groups is 1. The molecule has 11 nitrogen and oxygen atoms in total. The van der Waals surface area contributed by atoms with Gasteiger partial charge in [-0.25, -0.2) is 0 Å². The predicted molar refractivity (Wildman–Crippen MR) is 202 cm³/mol. The molecule has 2 N–H and O–H groups in total. The normalized spacial score (nSPS) is 16.9. The molecule has 2 heterocycles. The molecule has 4 aromatic rings. The van der Waals surface area contributed by atoms with E-state index in [9.17, 15) is 25.9 Å². The van der Waals surface area contributed by atoms with Crippen molar-refractivity contribution in [1.29, 1.82) is 0 Å². The summed E-state index contributed by atoms with van der Waals surface area (Å²) in [6, 6.07) is 16.9. The minimum absolute atomic E-state index is 0.0700. The van der Waals surface area contributed by atoms with Crippen LogP contribution in [0.2, 0.25) is 0 Å². The van der Waals surface area contributed by atoms with Crippen molar-refractivity contribution in [2.24, 2.45) is 5.92 Å². The van der Waals surface area contributed by atoms with E-state index in [1.807, 2.05) is 0 Å². The maximum absolute atomic E-state index is 15.0. The van der Waals surface area contributed by atoms with Crippen LogP contribution in [0.4, 0.5) is 0 Å². The molecule has 1 amide bonds. The minimum Gasteiger partial charge on any atom is -0.492 e. The molecule has 280 valence electrons. The number of fused-ring (bicyclic) bond motifs is 1. The molecule has 13 heteroatoms. The summed E-state index contributed by atoms with van der Waals surface area (Å²) in [6.45, 7) is 11.1. The van der Waals surface area contributed by atoms with E-state index in [0.717, 1.165) is 56.7 Å². The molecule has 0 radical (unpaired) electrons. The minimum atomic E-state index is -4.79. The standard InChI is InChI=1S/C40H45N3O8S2/c1-25-5-11-36(52(45,46)47)33(17-25)32-20-35(34-18-26(2)6-12-37(34)53(48,49)50)38(39(27(32)3)51-24-28-7-8-28)40(44)43-22-30-10-9-29(19-31(30)23-43)21-42-15-13-41(4)14-16-42/h5-6,9-12,17-20,28H,7-8,13-16,21-24H2,1-4H3,(H,45,46,47)(H,48,49,50). The van der Waals surface area contributed by atoms with E-state index >= 15 is 4.79 Å². The molecular formula is C40H45N3O8S2. The highest BCUT2D eigenvalue weighted by Gasteiger charge is 2.34. The molecule has 0 aromatic heterocycles. The molecule has 1 aliphatic carbocycles. The molecule has 2 aliphatic heterocycles. The number of carbonyl (C=O) groups excluding carboxylic acids is 1. The summed E-state index contributed by atoms with van der Waals surface area (Å²) in [5.41, 5.74) is 5.91. The van der Waals surface area contributed by atoms with Crippen LogP contribution in [0, 0.1) is 26.7 Å². The zero-order chi connectivity index (χ0) is 37.8. The number of rotatable bonds is 10. The van der Waals surface area contributed by atoms with E-state index in [2.05, 4.69) is 35.0 Å². The molecule has 1 saturated heterocycles. The van der Waals surface area contributed by atoms with Crippen LogP contribution in [-0.2, 0) is 39.9 Å². The Hall–Kier alpha value is -4.11. The summed E-state index contributed by atoms with van der Waals surface area (Å²) >= 11 is 0. The number of likely N-dealkylation sites (N-methyl/N-ethyl adjacent to an activating group) is 1. The van der Waals surface area contributed by atoms with Gasteiger partial charge in [-0.15, -0.1) is 0 Å². The van der Waals surface area contributed by atoms with Crippen molar-refractivity contribution in [1.82, 2.24) is 14.7 Å². The first-order valence-electron chi connectivity index (χ1n) is 17.8. The Labute approximate surface area is 311 Å². The Morgan fingerprint density at radius 1 is 0.736 bits per heavy atom. The lowest BCUT2D eigenvalue weighted by molar-refractivity contribution is 0.0747. The lowest BCUT2D eigenvalue weighted by Crippen LogP contribution is -2.43. The van der Waals surface area contributed by atoms with Gasteiger partial charge in [0.05, 0.1) is 12.2 Å². The van der Waals surface area contributed by atoms with Crippen LogP contribution in [0.25, 0.3) is 22.3 Å². The first-order valence-corrected chi connectivity index (χ1v) is 20.7. The van der Waals surface area contributed by atoms with Crippen molar-refractivity contribution in [3.63, 3.8) is 0 Å². The average Bonchev–Trinajstić information content (AvgIpc) is 3.83. The van der Waals surface area contributed by atoms with Gasteiger partial charge in [0.15, 0.2) is 0 Å². The second-order valence-electron chi connectivity index (χ2n) is 14.8. The molecule has 0 unspecified atom stereocenters. The predicted octanol–water partition coefficient (Wildman–Crippen LogP) is 6.13. The highest BCUT2D eigenvalue weighted by atomic mass is 32.2. The Morgan fingerprint density at radius 3 is 1.91 bits per heavy atom. The Bertz CT molecular complexity index is 2330. The van der Waals surface area contributed by atoms with E-state index in [-0.39, 0.29) is 44.7 Å². The molecule has 0 atom stereocenters. The average molecular weight is 760 g/mol. The lowest BCUT2D eigenvalue weighted by atomic mass is 9.88. The summed E-state index contributed by atoms with van der Waals surface area (Å²) < 4.78 is 78.4. The summed E-state index contributed by atoms with van der Waals surface area (Å²) in [6.07, 6.45) is 1.92. The third-order valence-corrected chi connectivity index (χ3v) is 12.4. The van der Waals surface area contributed by atoms with Crippen molar-refractivity contribution in [2.45, 2.75) is 63.0 Å². The van der Waals surface area contributed by atoms with Crippen LogP contribution in [-0.4, -0.2) is 86.4 Å². The molecule has 0 spiro atoms. The first-order chi connectivity index (χ1) is 25.1. The van der Waals surface area contributed by atoms with Gasteiger partial charge < -0.3 is 14.5 Å². The molecule has 1 saturated carbocycles. The largest absolute Gasteiger partial charge is 0.492 e. The smallest absolute Gasteiger partial charge is 0.295 e. The fourth-order valence-electron chi connectivity index (χ4n) is 7.40. The van der Waals surface area contributed by atoms with Crippen molar-refractivity contribution in [2.75, 3.05) is 39.8 Å². The van der Waals surface area contributed by atoms with E-state index in [1.165, 1.54) is 17.7 Å². The highest BCUT2D eigenvalue weighted by molar-refractivity contribution is 7.86. The van der Waals surface area contributed by atoms with Gasteiger partial charge in [0.2, 0.25) is 0 Å². The van der Waals surface area contributed by atoms with Crippen molar-refractivity contribution in [3.8, 4) is 28.0 Å². The van der Waals surface area contributed by atoms with Crippen LogP contribution in [0.15, 0.2) is 70.5 Å². The molecule has 4 aromatic carbocycles. The topological polar surface area (TPSA) is 145 Å². The van der Waals surface area contributed by atoms with Crippen LogP contribution in [0.1, 0.15) is 56.6 Å². The van der Waals surface area contributed by atoms with Gasteiger partial charge in [0.1, 0.15) is 15.5 Å². The maximum Gasteiger partial charge on any atom is 0.295 e. The highest BCUT2D eigenvalue weighted by Crippen LogP contribution is 2.46. The lowest BCUT2D eigenvalue weighted by Gasteiger charge is -2.32. The molecule has 3 aliphatic rings. The first kappa shape index (κ1) is 37.2. The Kier molecular flexibility index (Phi) is 10.0. The fraction of sp³-hybridized carbons (Fsp3) is 0.375. The quantitative estimate of drug-likeness (QED) is 0.181. The van der Waals surface area contributed by atoms with Crippen LogP contribution < -0.4 is 4.74 Å². The van der Waals surface area contributed by atoms with Gasteiger partial charge in [-0.2, -0.15) is 16.8 Å². The third kappa shape index (κ3) is 7.91. The van der Waals surface area contributed by atoms with Gasteiger partial charge in [0.25, 0.3) is 26.1 Å². The molecule has 0 bridgehead atoms. The van der Waals surface area contributed by atoms with Crippen molar-refractivity contribution >= 4 is 26.1 Å². The third-order valence-electron chi connectivity index (χ3n) is 10.6. The number of aryl methyl sites for hydroxylation is 2. The summed E-state index contributed by atoms with van der Waals surface area (Å²) in [5, 5.41) is 0. The number of nitrogens with zero attached hydrogens (tertiary/aromatic N) is 3. The number of amides is 1. The van der Waals surface area contributed by atoms with Crippen LogP contribution in [0.5, 0.6) is 5.75 Å². The second-order valence-corrected chi connectivity index (χ2v) is 17.6. The van der Waals surface area contributed by atoms with E-state index in [1.54, 1.807) is 56.0 Å². The molecule has 7 rings (SSSR count). The van der Waals surface area contributed by atoms with Crippen molar-refractivity contribution < 1.29 is 35.5 Å². The number of benzene rings is 4. The van der Waals surface area contributed by atoms with E-state index < -0.39 is 25.1 Å². The molecular weight excluding hydrogens is 715 g/mol.